The van der Waals surface area contributed by atoms with Gasteiger partial charge in [-0.05, 0) is 42.3 Å². The lowest BCUT2D eigenvalue weighted by atomic mass is 9.87. The lowest BCUT2D eigenvalue weighted by molar-refractivity contribution is 0.0174. The minimum absolute atomic E-state index is 0.139. The zero-order valence-corrected chi connectivity index (χ0v) is 20.0. The predicted octanol–water partition coefficient (Wildman–Crippen LogP) is 6.33. The number of hydrogen-bond acceptors (Lipinski definition) is 6. The van der Waals surface area contributed by atoms with Crippen molar-refractivity contribution in [1.82, 2.24) is 4.98 Å². The Labute approximate surface area is 206 Å². The number of aromatic nitrogens is 1. The SMILES string of the molecule is CC(C)C1ON=C(c2c(Cl)cccc2Cl)C1COc1ccc(Oc2cccc(C(=O)O)c2)cn1. The van der Waals surface area contributed by atoms with Crippen LogP contribution in [-0.2, 0) is 4.84 Å². The molecule has 3 aromatic rings. The van der Waals surface area contributed by atoms with Gasteiger partial charge in [-0.1, -0.05) is 54.3 Å². The molecule has 0 amide bonds. The first-order valence-electron chi connectivity index (χ1n) is 10.6. The van der Waals surface area contributed by atoms with E-state index in [-0.39, 0.29) is 30.1 Å². The second-order valence-corrected chi connectivity index (χ2v) is 8.89. The summed E-state index contributed by atoms with van der Waals surface area (Å²) in [4.78, 5) is 21.1. The Balaban J connectivity index is 1.46. The third-order valence-corrected chi connectivity index (χ3v) is 5.96. The van der Waals surface area contributed by atoms with Crippen LogP contribution < -0.4 is 9.47 Å². The van der Waals surface area contributed by atoms with Gasteiger partial charge in [-0.15, -0.1) is 0 Å². The molecule has 1 aliphatic rings. The highest BCUT2D eigenvalue weighted by atomic mass is 35.5. The Morgan fingerprint density at radius 1 is 1.09 bits per heavy atom. The monoisotopic (exact) mass is 500 g/mol. The van der Waals surface area contributed by atoms with Crippen molar-refractivity contribution in [2.45, 2.75) is 20.0 Å². The van der Waals surface area contributed by atoms with Crippen LogP contribution in [0.4, 0.5) is 0 Å². The highest BCUT2D eigenvalue weighted by molar-refractivity contribution is 6.40. The Morgan fingerprint density at radius 3 is 2.47 bits per heavy atom. The average Bonchev–Trinajstić information content (AvgIpc) is 3.22. The van der Waals surface area contributed by atoms with Gasteiger partial charge in [-0.2, -0.15) is 0 Å². The maximum absolute atomic E-state index is 11.1. The third kappa shape index (κ3) is 5.26. The number of rotatable bonds is 8. The molecule has 9 heteroatoms. The number of nitrogens with zero attached hydrogens (tertiary/aromatic N) is 2. The summed E-state index contributed by atoms with van der Waals surface area (Å²) in [7, 11) is 0. The highest BCUT2D eigenvalue weighted by Crippen LogP contribution is 2.35. The molecule has 2 unspecified atom stereocenters. The van der Waals surface area contributed by atoms with E-state index in [2.05, 4.69) is 10.1 Å². The largest absolute Gasteiger partial charge is 0.478 e. The van der Waals surface area contributed by atoms with E-state index in [4.69, 9.17) is 42.6 Å². The smallest absolute Gasteiger partial charge is 0.335 e. The van der Waals surface area contributed by atoms with Crippen molar-refractivity contribution in [1.29, 1.82) is 0 Å². The quantitative estimate of drug-likeness (QED) is 0.388. The number of ether oxygens (including phenoxy) is 2. The Hall–Kier alpha value is -3.29. The van der Waals surface area contributed by atoms with Crippen molar-refractivity contribution in [3.05, 3.63) is 82.0 Å². The standard InChI is InChI=1S/C25H22Cl2N2O5/c1-14(2)24-18(23(29-34-24)22-19(26)7-4-8-20(22)27)13-32-21-10-9-17(12-28-21)33-16-6-3-5-15(11-16)25(30)31/h3-12,14,18,24H,13H2,1-2H3,(H,30,31). The molecule has 4 rings (SSSR count). The summed E-state index contributed by atoms with van der Waals surface area (Å²) in [5.74, 6) is 0.199. The molecule has 1 aliphatic heterocycles. The molecule has 0 radical (unpaired) electrons. The molecule has 0 fully saturated rings. The summed E-state index contributed by atoms with van der Waals surface area (Å²) < 4.78 is 11.7. The molecule has 2 heterocycles. The van der Waals surface area contributed by atoms with E-state index in [9.17, 15) is 4.79 Å². The summed E-state index contributed by atoms with van der Waals surface area (Å²) in [6.07, 6.45) is 1.31. The third-order valence-electron chi connectivity index (χ3n) is 5.33. The number of oxime groups is 1. The zero-order chi connectivity index (χ0) is 24.2. The Bertz CT molecular complexity index is 1190. The van der Waals surface area contributed by atoms with Crippen molar-refractivity contribution in [3.8, 4) is 17.4 Å². The normalized spacial score (nSPS) is 17.3. The van der Waals surface area contributed by atoms with Crippen LogP contribution in [0.25, 0.3) is 0 Å². The van der Waals surface area contributed by atoms with Crippen LogP contribution in [0.15, 0.2) is 65.9 Å². The van der Waals surface area contributed by atoms with E-state index in [1.54, 1.807) is 42.5 Å². The summed E-state index contributed by atoms with van der Waals surface area (Å²) in [5, 5.41) is 14.4. The first-order valence-corrected chi connectivity index (χ1v) is 11.4. The number of halogens is 2. The maximum atomic E-state index is 11.1. The zero-order valence-electron chi connectivity index (χ0n) is 18.4. The van der Waals surface area contributed by atoms with E-state index < -0.39 is 5.97 Å². The van der Waals surface area contributed by atoms with Crippen LogP contribution in [0.1, 0.15) is 29.8 Å². The number of carboxylic acids is 1. The van der Waals surface area contributed by atoms with E-state index in [0.717, 1.165) is 0 Å². The lowest BCUT2D eigenvalue weighted by Crippen LogP contribution is -2.33. The van der Waals surface area contributed by atoms with Gasteiger partial charge >= 0.3 is 5.97 Å². The average molecular weight is 501 g/mol. The summed E-state index contributed by atoms with van der Waals surface area (Å²) >= 11 is 12.8. The van der Waals surface area contributed by atoms with Crippen LogP contribution in [0.2, 0.25) is 10.0 Å². The molecule has 2 atom stereocenters. The molecule has 0 saturated heterocycles. The van der Waals surface area contributed by atoms with Crippen molar-refractivity contribution in [2.24, 2.45) is 17.0 Å². The highest BCUT2D eigenvalue weighted by Gasteiger charge is 2.39. The molecule has 0 spiro atoms. The van der Waals surface area contributed by atoms with Crippen molar-refractivity contribution < 1.29 is 24.2 Å². The first kappa shape index (κ1) is 23.9. The predicted molar refractivity (Wildman–Crippen MR) is 129 cm³/mol. The molecular formula is C25H22Cl2N2O5. The van der Waals surface area contributed by atoms with Gasteiger partial charge in [0.2, 0.25) is 5.88 Å². The van der Waals surface area contributed by atoms with E-state index >= 15 is 0 Å². The molecular weight excluding hydrogens is 479 g/mol. The second-order valence-electron chi connectivity index (χ2n) is 8.07. The molecule has 176 valence electrons. The van der Waals surface area contributed by atoms with Crippen molar-refractivity contribution >= 4 is 34.9 Å². The van der Waals surface area contributed by atoms with Crippen LogP contribution in [0.5, 0.6) is 17.4 Å². The van der Waals surface area contributed by atoms with E-state index in [0.29, 0.717) is 38.7 Å². The van der Waals surface area contributed by atoms with Crippen molar-refractivity contribution in [3.63, 3.8) is 0 Å². The number of benzene rings is 2. The van der Waals surface area contributed by atoms with Crippen LogP contribution in [0, 0.1) is 11.8 Å². The lowest BCUT2D eigenvalue weighted by Gasteiger charge is -2.22. The van der Waals surface area contributed by atoms with Gasteiger partial charge in [-0.25, -0.2) is 9.78 Å². The van der Waals surface area contributed by atoms with Gasteiger partial charge in [-0.3, -0.25) is 0 Å². The molecule has 7 nitrogen and oxygen atoms in total. The Morgan fingerprint density at radius 2 is 1.82 bits per heavy atom. The number of aromatic carboxylic acids is 1. The topological polar surface area (TPSA) is 90.2 Å². The molecule has 1 aromatic heterocycles. The minimum Gasteiger partial charge on any atom is -0.478 e. The van der Waals surface area contributed by atoms with Gasteiger partial charge < -0.3 is 19.4 Å². The fraction of sp³-hybridized carbons (Fsp3) is 0.240. The molecule has 1 N–H and O–H groups in total. The number of hydrogen-bond donors (Lipinski definition) is 1. The van der Waals surface area contributed by atoms with Gasteiger partial charge in [0.1, 0.15) is 29.9 Å². The van der Waals surface area contributed by atoms with E-state index in [1.165, 1.54) is 18.3 Å². The van der Waals surface area contributed by atoms with Gasteiger partial charge in [0.25, 0.3) is 0 Å². The molecule has 34 heavy (non-hydrogen) atoms. The van der Waals surface area contributed by atoms with Gasteiger partial charge in [0.15, 0.2) is 0 Å². The van der Waals surface area contributed by atoms with Crippen molar-refractivity contribution in [2.75, 3.05) is 6.61 Å². The first-order chi connectivity index (χ1) is 16.3. The number of carboxylic acid groups (broad SMARTS) is 1. The summed E-state index contributed by atoms with van der Waals surface area (Å²) in [5.41, 5.74) is 1.43. The minimum atomic E-state index is -1.02. The number of carbonyl (C=O) groups is 1. The number of pyridine rings is 1. The molecule has 0 saturated carbocycles. The summed E-state index contributed by atoms with van der Waals surface area (Å²) in [6.45, 7) is 4.36. The van der Waals surface area contributed by atoms with E-state index in [1.807, 2.05) is 13.8 Å². The second kappa shape index (κ2) is 10.3. The molecule has 2 aromatic carbocycles. The van der Waals surface area contributed by atoms with Gasteiger partial charge in [0, 0.05) is 11.6 Å². The maximum Gasteiger partial charge on any atom is 0.335 e. The van der Waals surface area contributed by atoms with Crippen LogP contribution >= 0.6 is 23.2 Å². The Kier molecular flexibility index (Phi) is 7.24. The molecule has 0 aliphatic carbocycles. The fourth-order valence-electron chi connectivity index (χ4n) is 3.66. The molecule has 0 bridgehead atoms. The fourth-order valence-corrected chi connectivity index (χ4v) is 4.26. The van der Waals surface area contributed by atoms with Crippen LogP contribution in [-0.4, -0.2) is 34.5 Å². The summed E-state index contributed by atoms with van der Waals surface area (Å²) in [6, 6.07) is 14.9. The van der Waals surface area contributed by atoms with Crippen LogP contribution in [0.3, 0.4) is 0 Å². The van der Waals surface area contributed by atoms with Gasteiger partial charge in [0.05, 0.1) is 27.7 Å².